The fourth-order valence-electron chi connectivity index (χ4n) is 3.53. The summed E-state index contributed by atoms with van der Waals surface area (Å²) in [6.45, 7) is -0.0502. The quantitative estimate of drug-likeness (QED) is 0.822. The molecule has 2 aliphatic rings. The molecule has 5 nitrogen and oxygen atoms in total. The molecule has 1 amide bonds. The molecule has 2 fully saturated rings. The Morgan fingerprint density at radius 3 is 2.48 bits per heavy atom. The Morgan fingerprint density at radius 1 is 1.04 bits per heavy atom. The van der Waals surface area contributed by atoms with E-state index in [0.717, 1.165) is 23.6 Å². The zero-order valence-electron chi connectivity index (χ0n) is 13.9. The number of hydrogen-bond acceptors (Lipinski definition) is 4. The van der Waals surface area contributed by atoms with Crippen molar-refractivity contribution < 1.29 is 17.9 Å². The van der Waals surface area contributed by atoms with Gasteiger partial charge in [0.2, 0.25) is 0 Å². The second kappa shape index (κ2) is 6.33. The van der Waals surface area contributed by atoms with Crippen molar-refractivity contribution in [3.05, 3.63) is 42.5 Å². The van der Waals surface area contributed by atoms with Crippen LogP contribution < -0.4 is 4.74 Å². The number of carbonyl (C=O) groups is 1. The zero-order valence-corrected chi connectivity index (χ0v) is 14.7. The van der Waals surface area contributed by atoms with E-state index in [4.69, 9.17) is 4.74 Å². The largest absolute Gasteiger partial charge is 0.484 e. The number of carbonyl (C=O) groups excluding carboxylic acids is 1. The van der Waals surface area contributed by atoms with E-state index in [1.807, 2.05) is 42.5 Å². The molecule has 132 valence electrons. The van der Waals surface area contributed by atoms with Gasteiger partial charge in [-0.05, 0) is 42.2 Å². The topological polar surface area (TPSA) is 63.7 Å². The average molecular weight is 359 g/mol. The number of ether oxygens (including phenoxy) is 1. The summed E-state index contributed by atoms with van der Waals surface area (Å²) in [5.74, 6) is 0.810. The monoisotopic (exact) mass is 359 g/mol. The summed E-state index contributed by atoms with van der Waals surface area (Å²) in [7, 11) is -3.01. The normalized spacial score (nSPS) is 22.0. The minimum atomic E-state index is -3.01. The maximum absolute atomic E-state index is 12.7. The molecule has 2 aromatic carbocycles. The lowest BCUT2D eigenvalue weighted by Gasteiger charge is -2.28. The van der Waals surface area contributed by atoms with Gasteiger partial charge in [-0.25, -0.2) is 8.42 Å². The first-order valence-corrected chi connectivity index (χ1v) is 10.5. The molecule has 0 bridgehead atoms. The Balaban J connectivity index is 1.44. The molecular formula is C19H21NO4S. The average Bonchev–Trinajstić information content (AvgIpc) is 3.36. The van der Waals surface area contributed by atoms with E-state index in [2.05, 4.69) is 0 Å². The molecule has 0 radical (unpaired) electrons. The van der Waals surface area contributed by atoms with Crippen molar-refractivity contribution in [1.82, 2.24) is 4.90 Å². The first-order valence-electron chi connectivity index (χ1n) is 8.65. The molecule has 0 spiro atoms. The summed E-state index contributed by atoms with van der Waals surface area (Å²) in [6.07, 6.45) is 2.46. The number of benzene rings is 2. The maximum atomic E-state index is 12.7. The van der Waals surface area contributed by atoms with Crippen LogP contribution in [0, 0.1) is 0 Å². The van der Waals surface area contributed by atoms with Crippen molar-refractivity contribution in [3.63, 3.8) is 0 Å². The lowest BCUT2D eigenvalue weighted by atomic mass is 10.1. The third-order valence-electron chi connectivity index (χ3n) is 4.91. The Bertz CT molecular complexity index is 905. The summed E-state index contributed by atoms with van der Waals surface area (Å²) < 4.78 is 29.2. The van der Waals surface area contributed by atoms with Gasteiger partial charge in [-0.3, -0.25) is 4.79 Å². The smallest absolute Gasteiger partial charge is 0.261 e. The summed E-state index contributed by atoms with van der Waals surface area (Å²) >= 11 is 0. The molecule has 1 heterocycles. The van der Waals surface area contributed by atoms with E-state index in [0.29, 0.717) is 12.2 Å². The summed E-state index contributed by atoms with van der Waals surface area (Å²) in [4.78, 5) is 14.4. The van der Waals surface area contributed by atoms with Crippen LogP contribution in [0.3, 0.4) is 0 Å². The highest BCUT2D eigenvalue weighted by atomic mass is 32.2. The molecule has 1 unspecified atom stereocenters. The summed E-state index contributed by atoms with van der Waals surface area (Å²) in [5.41, 5.74) is 0. The third-order valence-corrected chi connectivity index (χ3v) is 6.66. The second-order valence-corrected chi connectivity index (χ2v) is 9.12. The van der Waals surface area contributed by atoms with Gasteiger partial charge < -0.3 is 9.64 Å². The van der Waals surface area contributed by atoms with Crippen LogP contribution in [-0.2, 0) is 14.6 Å². The fourth-order valence-corrected chi connectivity index (χ4v) is 5.24. The van der Waals surface area contributed by atoms with Crippen LogP contribution in [0.5, 0.6) is 5.75 Å². The predicted octanol–water partition coefficient (Wildman–Crippen LogP) is 2.40. The highest BCUT2D eigenvalue weighted by molar-refractivity contribution is 7.91. The fraction of sp³-hybridized carbons (Fsp3) is 0.421. The van der Waals surface area contributed by atoms with Crippen molar-refractivity contribution in [2.24, 2.45) is 0 Å². The lowest BCUT2D eigenvalue weighted by molar-refractivity contribution is -0.135. The van der Waals surface area contributed by atoms with Gasteiger partial charge in [-0.15, -0.1) is 0 Å². The molecule has 25 heavy (non-hydrogen) atoms. The molecule has 0 N–H and O–H groups in total. The molecule has 1 atom stereocenters. The standard InChI is InChI=1S/C19H21NO4S/c21-19(20(16-6-7-16)17-9-10-25(22,23)13-17)12-24-18-8-5-14-3-1-2-4-15(14)11-18/h1-5,8,11,16-17H,6-7,9-10,12-13H2. The van der Waals surface area contributed by atoms with Crippen LogP contribution in [0.1, 0.15) is 19.3 Å². The van der Waals surface area contributed by atoms with Gasteiger partial charge in [0.15, 0.2) is 16.4 Å². The number of hydrogen-bond donors (Lipinski definition) is 0. The van der Waals surface area contributed by atoms with Crippen molar-refractivity contribution >= 4 is 26.5 Å². The van der Waals surface area contributed by atoms with Crippen molar-refractivity contribution in [3.8, 4) is 5.75 Å². The van der Waals surface area contributed by atoms with Gasteiger partial charge in [-0.1, -0.05) is 30.3 Å². The maximum Gasteiger partial charge on any atom is 0.261 e. The Morgan fingerprint density at radius 2 is 1.80 bits per heavy atom. The molecule has 0 aromatic heterocycles. The molecule has 1 aliphatic heterocycles. The molecule has 1 saturated carbocycles. The van der Waals surface area contributed by atoms with E-state index < -0.39 is 9.84 Å². The van der Waals surface area contributed by atoms with E-state index in [9.17, 15) is 13.2 Å². The minimum absolute atomic E-state index is 0.0502. The molecule has 2 aromatic rings. The van der Waals surface area contributed by atoms with Crippen LogP contribution in [0.25, 0.3) is 10.8 Å². The van der Waals surface area contributed by atoms with E-state index in [-0.39, 0.29) is 36.1 Å². The van der Waals surface area contributed by atoms with Crippen LogP contribution in [-0.4, -0.2) is 49.4 Å². The van der Waals surface area contributed by atoms with Gasteiger partial charge in [0.05, 0.1) is 11.5 Å². The highest BCUT2D eigenvalue weighted by Crippen LogP contribution is 2.32. The van der Waals surface area contributed by atoms with Crippen LogP contribution >= 0.6 is 0 Å². The molecule has 4 rings (SSSR count). The van der Waals surface area contributed by atoms with Gasteiger partial charge >= 0.3 is 0 Å². The summed E-state index contributed by atoms with van der Waals surface area (Å²) in [6, 6.07) is 13.7. The highest BCUT2D eigenvalue weighted by Gasteiger charge is 2.42. The van der Waals surface area contributed by atoms with E-state index >= 15 is 0 Å². The lowest BCUT2D eigenvalue weighted by Crippen LogP contribution is -2.45. The molecule has 6 heteroatoms. The van der Waals surface area contributed by atoms with Gasteiger partial charge in [0.25, 0.3) is 5.91 Å². The Kier molecular flexibility index (Phi) is 4.15. The number of nitrogens with zero attached hydrogens (tertiary/aromatic N) is 1. The van der Waals surface area contributed by atoms with Crippen molar-refractivity contribution in [1.29, 1.82) is 0 Å². The first kappa shape index (κ1) is 16.4. The van der Waals surface area contributed by atoms with Crippen molar-refractivity contribution in [2.75, 3.05) is 18.1 Å². The Labute approximate surface area is 147 Å². The number of amides is 1. The Hall–Kier alpha value is -2.08. The zero-order chi connectivity index (χ0) is 17.4. The van der Waals surface area contributed by atoms with Gasteiger partial charge in [-0.2, -0.15) is 0 Å². The van der Waals surface area contributed by atoms with E-state index in [1.165, 1.54) is 0 Å². The third kappa shape index (κ3) is 3.63. The van der Waals surface area contributed by atoms with Crippen LogP contribution in [0.15, 0.2) is 42.5 Å². The summed E-state index contributed by atoms with van der Waals surface area (Å²) in [5, 5.41) is 2.19. The van der Waals surface area contributed by atoms with E-state index in [1.54, 1.807) is 4.90 Å². The number of fused-ring (bicyclic) bond motifs is 1. The minimum Gasteiger partial charge on any atom is -0.484 e. The van der Waals surface area contributed by atoms with Crippen molar-refractivity contribution in [2.45, 2.75) is 31.3 Å². The molecule has 1 saturated heterocycles. The molecule has 1 aliphatic carbocycles. The van der Waals surface area contributed by atoms with Crippen LogP contribution in [0.2, 0.25) is 0 Å². The van der Waals surface area contributed by atoms with Gasteiger partial charge in [0.1, 0.15) is 5.75 Å². The van der Waals surface area contributed by atoms with Gasteiger partial charge in [0, 0.05) is 12.1 Å². The second-order valence-electron chi connectivity index (χ2n) is 6.89. The van der Waals surface area contributed by atoms with Crippen LogP contribution in [0.4, 0.5) is 0 Å². The number of rotatable bonds is 5. The number of sulfone groups is 1. The predicted molar refractivity (Wildman–Crippen MR) is 96.4 cm³/mol. The first-order chi connectivity index (χ1) is 12.0. The SMILES string of the molecule is O=C(COc1ccc2ccccc2c1)N(C1CC1)C1CCS(=O)(=O)C1. The molecular weight excluding hydrogens is 338 g/mol.